The number of nitrogens with zero attached hydrogens (tertiary/aromatic N) is 3. The third kappa shape index (κ3) is 4.54. The number of aliphatic hydroxyl groups excluding tert-OH is 1. The number of ether oxygens (including phenoxy) is 2. The Bertz CT molecular complexity index is 1360. The summed E-state index contributed by atoms with van der Waals surface area (Å²) >= 11 is 0. The van der Waals surface area contributed by atoms with E-state index in [1.54, 1.807) is 18.2 Å². The van der Waals surface area contributed by atoms with E-state index in [1.165, 1.54) is 26.4 Å². The van der Waals surface area contributed by atoms with E-state index in [0.717, 1.165) is 29.2 Å². The monoisotopic (exact) mass is 515 g/mol. The molecule has 1 fully saturated rings. The Labute approximate surface area is 212 Å². The lowest BCUT2D eigenvalue weighted by Crippen LogP contribution is -2.33. The third-order valence-electron chi connectivity index (χ3n) is 7.21. The molecule has 1 saturated heterocycles. The number of fused-ring (bicyclic) bond motifs is 1. The standard InChI is InChI=1S/C27H28F3N3O4/c1-36-19-11-16(12-20(14-19)37-2)25-21-6-3-7-22(21)26(35)33(31-25)24-13-17(8-9-23(24)27(28,29)30)32-10-4-5-18(32)15-34/h8-9,11-14,18,34H,3-7,10,15H2,1-2H3/t18-/m0/s1. The number of methoxy groups -OCH3 is 2. The number of alkyl halides is 3. The van der Waals surface area contributed by atoms with E-state index in [4.69, 9.17) is 9.47 Å². The molecule has 0 spiro atoms. The molecule has 2 aromatic carbocycles. The second kappa shape index (κ2) is 9.74. The quantitative estimate of drug-likeness (QED) is 0.525. The molecule has 1 aliphatic heterocycles. The van der Waals surface area contributed by atoms with E-state index in [2.05, 4.69) is 5.10 Å². The summed E-state index contributed by atoms with van der Waals surface area (Å²) < 4.78 is 54.2. The van der Waals surface area contributed by atoms with E-state index in [1.807, 2.05) is 4.90 Å². The second-order valence-electron chi connectivity index (χ2n) is 9.35. The molecule has 1 aliphatic carbocycles. The minimum atomic E-state index is -4.70. The number of hydrogen-bond donors (Lipinski definition) is 1. The van der Waals surface area contributed by atoms with Gasteiger partial charge in [-0.05, 0) is 68.0 Å². The summed E-state index contributed by atoms with van der Waals surface area (Å²) in [7, 11) is 3.02. The summed E-state index contributed by atoms with van der Waals surface area (Å²) in [6.07, 6.45) is -1.36. The van der Waals surface area contributed by atoms with E-state index >= 15 is 0 Å². The van der Waals surface area contributed by atoms with Gasteiger partial charge in [-0.1, -0.05) is 0 Å². The normalized spacial score (nSPS) is 17.2. The summed E-state index contributed by atoms with van der Waals surface area (Å²) in [4.78, 5) is 15.4. The van der Waals surface area contributed by atoms with Crippen molar-refractivity contribution in [1.82, 2.24) is 9.78 Å². The highest BCUT2D eigenvalue weighted by Crippen LogP contribution is 2.38. The molecule has 1 N–H and O–H groups in total. The van der Waals surface area contributed by atoms with E-state index < -0.39 is 17.3 Å². The van der Waals surface area contributed by atoms with Crippen LogP contribution in [0.2, 0.25) is 0 Å². The molecule has 1 aromatic heterocycles. The highest BCUT2D eigenvalue weighted by atomic mass is 19.4. The lowest BCUT2D eigenvalue weighted by Gasteiger charge is -2.27. The third-order valence-corrected chi connectivity index (χ3v) is 7.21. The molecule has 0 amide bonds. The molecule has 10 heteroatoms. The molecular formula is C27H28F3N3O4. The smallest absolute Gasteiger partial charge is 0.418 e. The van der Waals surface area contributed by atoms with Crippen molar-refractivity contribution in [1.29, 1.82) is 0 Å². The predicted octanol–water partition coefficient (Wildman–Crippen LogP) is 4.39. The number of hydrogen-bond acceptors (Lipinski definition) is 6. The van der Waals surface area contributed by atoms with Crippen LogP contribution in [0.3, 0.4) is 0 Å². The molecule has 2 aliphatic rings. The highest BCUT2D eigenvalue weighted by Gasteiger charge is 2.36. The van der Waals surface area contributed by atoms with Crippen LogP contribution in [0.25, 0.3) is 16.9 Å². The van der Waals surface area contributed by atoms with Crippen LogP contribution < -0.4 is 19.9 Å². The molecule has 0 bridgehead atoms. The molecule has 37 heavy (non-hydrogen) atoms. The van der Waals surface area contributed by atoms with Gasteiger partial charge in [0, 0.05) is 29.4 Å². The minimum absolute atomic E-state index is 0.102. The Morgan fingerprint density at radius 2 is 1.73 bits per heavy atom. The van der Waals surface area contributed by atoms with Crippen molar-refractivity contribution in [2.45, 2.75) is 44.3 Å². The van der Waals surface area contributed by atoms with Gasteiger partial charge in [0.2, 0.25) is 0 Å². The van der Waals surface area contributed by atoms with Crippen LogP contribution in [-0.4, -0.2) is 48.3 Å². The van der Waals surface area contributed by atoms with Gasteiger partial charge < -0.3 is 19.5 Å². The Kier molecular flexibility index (Phi) is 6.61. The first kappa shape index (κ1) is 25.1. The van der Waals surface area contributed by atoms with Crippen molar-refractivity contribution < 1.29 is 27.8 Å². The van der Waals surface area contributed by atoms with Gasteiger partial charge in [0.25, 0.3) is 5.56 Å². The number of aliphatic hydroxyl groups is 1. The predicted molar refractivity (Wildman–Crippen MR) is 133 cm³/mol. The lowest BCUT2D eigenvalue weighted by molar-refractivity contribution is -0.137. The molecule has 1 atom stereocenters. The largest absolute Gasteiger partial charge is 0.497 e. The summed E-state index contributed by atoms with van der Waals surface area (Å²) in [6.45, 7) is 0.507. The fraction of sp³-hybridized carbons (Fsp3) is 0.407. The summed E-state index contributed by atoms with van der Waals surface area (Å²) in [5.74, 6) is 1.01. The molecule has 3 aromatic rings. The Morgan fingerprint density at radius 3 is 2.38 bits per heavy atom. The van der Waals surface area contributed by atoms with E-state index in [-0.39, 0.29) is 18.3 Å². The van der Waals surface area contributed by atoms with Crippen LogP contribution in [0.5, 0.6) is 11.5 Å². The summed E-state index contributed by atoms with van der Waals surface area (Å²) in [5.41, 5.74) is 0.917. The second-order valence-corrected chi connectivity index (χ2v) is 9.35. The zero-order chi connectivity index (χ0) is 26.3. The van der Waals surface area contributed by atoms with Crippen LogP contribution in [0.1, 0.15) is 36.0 Å². The van der Waals surface area contributed by atoms with Crippen molar-refractivity contribution in [2.24, 2.45) is 0 Å². The van der Waals surface area contributed by atoms with E-state index in [0.29, 0.717) is 59.8 Å². The minimum Gasteiger partial charge on any atom is -0.497 e. The Hall–Kier alpha value is -3.53. The number of halogens is 3. The zero-order valence-corrected chi connectivity index (χ0v) is 20.6. The van der Waals surface area contributed by atoms with Crippen molar-refractivity contribution >= 4 is 5.69 Å². The first-order valence-electron chi connectivity index (χ1n) is 12.2. The zero-order valence-electron chi connectivity index (χ0n) is 20.6. The number of anilines is 1. The molecule has 196 valence electrons. The first-order chi connectivity index (χ1) is 17.7. The van der Waals surface area contributed by atoms with Crippen molar-refractivity contribution in [3.05, 3.63) is 63.4 Å². The number of aromatic nitrogens is 2. The average Bonchev–Trinajstić information content (AvgIpc) is 3.58. The maximum Gasteiger partial charge on any atom is 0.418 e. The highest BCUT2D eigenvalue weighted by molar-refractivity contribution is 5.69. The molecule has 0 unspecified atom stereocenters. The van der Waals surface area contributed by atoms with Gasteiger partial charge in [-0.25, -0.2) is 0 Å². The number of benzene rings is 2. The Balaban J connectivity index is 1.76. The van der Waals surface area contributed by atoms with Crippen molar-refractivity contribution in [2.75, 3.05) is 32.3 Å². The van der Waals surface area contributed by atoms with Gasteiger partial charge in [0.05, 0.1) is 43.8 Å². The fourth-order valence-corrected chi connectivity index (χ4v) is 5.39. The summed E-state index contributed by atoms with van der Waals surface area (Å²) in [6, 6.07) is 8.72. The maximum atomic E-state index is 14.2. The molecule has 0 saturated carbocycles. The SMILES string of the molecule is COc1cc(OC)cc(-c2nn(-c3cc(N4CCC[C@H]4CO)ccc3C(F)(F)F)c(=O)c3c2CCC3)c1. The van der Waals surface area contributed by atoms with Gasteiger partial charge in [-0.2, -0.15) is 23.0 Å². The van der Waals surface area contributed by atoms with Gasteiger partial charge >= 0.3 is 6.18 Å². The van der Waals surface area contributed by atoms with Crippen molar-refractivity contribution in [3.8, 4) is 28.4 Å². The van der Waals surface area contributed by atoms with E-state index in [9.17, 15) is 23.1 Å². The molecule has 2 heterocycles. The average molecular weight is 516 g/mol. The lowest BCUT2D eigenvalue weighted by atomic mass is 10.0. The van der Waals surface area contributed by atoms with Crippen LogP contribution in [0, 0.1) is 0 Å². The summed E-state index contributed by atoms with van der Waals surface area (Å²) in [5, 5.41) is 14.3. The molecule has 5 rings (SSSR count). The fourth-order valence-electron chi connectivity index (χ4n) is 5.39. The van der Waals surface area contributed by atoms with Crippen LogP contribution in [-0.2, 0) is 19.0 Å². The van der Waals surface area contributed by atoms with Gasteiger partial charge in [0.1, 0.15) is 11.5 Å². The first-order valence-corrected chi connectivity index (χ1v) is 12.2. The Morgan fingerprint density at radius 1 is 1.03 bits per heavy atom. The topological polar surface area (TPSA) is 76.8 Å². The van der Waals surface area contributed by atoms with Gasteiger partial charge in [-0.15, -0.1) is 0 Å². The van der Waals surface area contributed by atoms with Gasteiger partial charge in [-0.3, -0.25) is 4.79 Å². The van der Waals surface area contributed by atoms with Crippen LogP contribution in [0.15, 0.2) is 41.2 Å². The molecular weight excluding hydrogens is 487 g/mol. The van der Waals surface area contributed by atoms with Gasteiger partial charge in [0.15, 0.2) is 0 Å². The molecule has 0 radical (unpaired) electrons. The molecule has 7 nitrogen and oxygen atoms in total. The maximum absolute atomic E-state index is 14.2. The van der Waals surface area contributed by atoms with Crippen molar-refractivity contribution in [3.63, 3.8) is 0 Å². The van der Waals surface area contributed by atoms with Crippen LogP contribution in [0.4, 0.5) is 18.9 Å². The van der Waals surface area contributed by atoms with Crippen LogP contribution >= 0.6 is 0 Å². The number of rotatable bonds is 6.